The lowest BCUT2D eigenvalue weighted by molar-refractivity contribution is 0.622. The second-order valence-electron chi connectivity index (χ2n) is 13.6. The summed E-state index contributed by atoms with van der Waals surface area (Å²) >= 11 is 0. The van der Waals surface area contributed by atoms with Gasteiger partial charge in [-0.1, -0.05) is 97.1 Å². The Kier molecular flexibility index (Phi) is 6.79. The number of aromatic nitrogens is 2. The van der Waals surface area contributed by atoms with E-state index < -0.39 is 0 Å². The summed E-state index contributed by atoms with van der Waals surface area (Å²) in [5, 5.41) is 4.37. The number of hydrogen-bond acceptors (Lipinski definition) is 4. The molecule has 0 saturated carbocycles. The molecular formula is C49H31N3O2. The van der Waals surface area contributed by atoms with Crippen molar-refractivity contribution in [3.05, 3.63) is 188 Å². The van der Waals surface area contributed by atoms with Crippen molar-refractivity contribution < 1.29 is 8.83 Å². The average Bonchev–Trinajstić information content (AvgIpc) is 3.94. The number of furan rings is 1. The molecule has 0 aliphatic rings. The number of benzene rings is 8. The van der Waals surface area contributed by atoms with Gasteiger partial charge in [0.15, 0.2) is 5.58 Å². The number of para-hydroxylation sites is 3. The van der Waals surface area contributed by atoms with Gasteiger partial charge in [0.25, 0.3) is 0 Å². The molecule has 0 N–H and O–H groups in total. The fraction of sp³-hybridized carbons (Fsp3) is 0. The van der Waals surface area contributed by atoms with Gasteiger partial charge in [0.1, 0.15) is 16.7 Å². The number of oxazole rings is 1. The summed E-state index contributed by atoms with van der Waals surface area (Å²) in [5.74, 6) is 0.604. The first-order valence-electron chi connectivity index (χ1n) is 18.1. The third-order valence-corrected chi connectivity index (χ3v) is 10.4. The summed E-state index contributed by atoms with van der Waals surface area (Å²) in [4.78, 5) is 7.15. The monoisotopic (exact) mass is 693 g/mol. The molecule has 0 saturated heterocycles. The van der Waals surface area contributed by atoms with Gasteiger partial charge in [0, 0.05) is 38.8 Å². The molecule has 0 fully saturated rings. The van der Waals surface area contributed by atoms with Crippen LogP contribution in [0.4, 0.5) is 17.1 Å². The molecule has 0 unspecified atom stereocenters. The van der Waals surface area contributed by atoms with Crippen LogP contribution in [0.5, 0.6) is 0 Å². The molecule has 0 atom stereocenters. The van der Waals surface area contributed by atoms with Crippen LogP contribution in [0.3, 0.4) is 0 Å². The van der Waals surface area contributed by atoms with E-state index in [4.69, 9.17) is 13.8 Å². The highest BCUT2D eigenvalue weighted by atomic mass is 16.4. The first-order valence-corrected chi connectivity index (χ1v) is 18.1. The molecule has 11 rings (SSSR count). The summed E-state index contributed by atoms with van der Waals surface area (Å²) in [6.07, 6.45) is 0. The van der Waals surface area contributed by atoms with Gasteiger partial charge in [-0.05, 0) is 102 Å². The van der Waals surface area contributed by atoms with E-state index in [1.54, 1.807) is 0 Å². The maximum Gasteiger partial charge on any atom is 0.227 e. The molecule has 0 aliphatic heterocycles. The van der Waals surface area contributed by atoms with E-state index in [1.807, 2.05) is 42.5 Å². The van der Waals surface area contributed by atoms with Crippen LogP contribution in [0.1, 0.15) is 0 Å². The molecular weight excluding hydrogens is 663 g/mol. The number of fused-ring (bicyclic) bond motifs is 8. The van der Waals surface area contributed by atoms with Crippen molar-refractivity contribution in [3.8, 4) is 28.3 Å². The lowest BCUT2D eigenvalue weighted by Gasteiger charge is -2.26. The molecule has 0 spiro atoms. The smallest absolute Gasteiger partial charge is 0.227 e. The second-order valence-corrected chi connectivity index (χ2v) is 13.6. The minimum Gasteiger partial charge on any atom is -0.456 e. The molecule has 0 bridgehead atoms. The zero-order valence-electron chi connectivity index (χ0n) is 29.1. The molecule has 54 heavy (non-hydrogen) atoms. The predicted molar refractivity (Wildman–Crippen MR) is 221 cm³/mol. The van der Waals surface area contributed by atoms with Gasteiger partial charge < -0.3 is 18.3 Å². The fourth-order valence-electron chi connectivity index (χ4n) is 7.98. The minimum atomic E-state index is 0.604. The number of nitrogens with zero attached hydrogens (tertiary/aromatic N) is 3. The van der Waals surface area contributed by atoms with Crippen molar-refractivity contribution in [1.82, 2.24) is 9.55 Å². The molecule has 0 amide bonds. The van der Waals surface area contributed by atoms with Gasteiger partial charge in [0.05, 0.1) is 22.1 Å². The van der Waals surface area contributed by atoms with Gasteiger partial charge in [-0.15, -0.1) is 0 Å². The topological polar surface area (TPSA) is 47.3 Å². The first kappa shape index (κ1) is 30.3. The van der Waals surface area contributed by atoms with E-state index in [1.165, 1.54) is 16.3 Å². The number of rotatable bonds is 6. The second kappa shape index (κ2) is 12.1. The fourth-order valence-corrected chi connectivity index (χ4v) is 7.98. The Balaban J connectivity index is 1.02. The number of anilines is 3. The third-order valence-electron chi connectivity index (χ3n) is 10.4. The Morgan fingerprint density at radius 3 is 1.94 bits per heavy atom. The van der Waals surface area contributed by atoms with Crippen LogP contribution >= 0.6 is 0 Å². The average molecular weight is 694 g/mol. The van der Waals surface area contributed by atoms with Crippen molar-refractivity contribution >= 4 is 71.9 Å². The Morgan fingerprint density at radius 2 is 1.13 bits per heavy atom. The van der Waals surface area contributed by atoms with E-state index in [0.717, 1.165) is 78.0 Å². The molecule has 3 aromatic heterocycles. The van der Waals surface area contributed by atoms with Crippen LogP contribution in [0, 0.1) is 0 Å². The molecule has 254 valence electrons. The normalized spacial score (nSPS) is 11.7. The zero-order chi connectivity index (χ0) is 35.6. The highest BCUT2D eigenvalue weighted by Crippen LogP contribution is 2.44. The highest BCUT2D eigenvalue weighted by Gasteiger charge is 2.21. The van der Waals surface area contributed by atoms with Crippen LogP contribution in [-0.4, -0.2) is 9.55 Å². The van der Waals surface area contributed by atoms with E-state index in [9.17, 15) is 0 Å². The first-order chi connectivity index (χ1) is 26.8. The summed E-state index contributed by atoms with van der Waals surface area (Å²) in [7, 11) is 0. The molecule has 3 heterocycles. The maximum atomic E-state index is 6.43. The largest absolute Gasteiger partial charge is 0.456 e. The van der Waals surface area contributed by atoms with Crippen LogP contribution in [0.2, 0.25) is 0 Å². The minimum absolute atomic E-state index is 0.604. The van der Waals surface area contributed by atoms with Crippen molar-refractivity contribution in [1.29, 1.82) is 0 Å². The molecule has 0 aliphatic carbocycles. The Bertz CT molecular complexity index is 3140. The van der Waals surface area contributed by atoms with E-state index in [0.29, 0.717) is 5.89 Å². The van der Waals surface area contributed by atoms with Gasteiger partial charge in [0.2, 0.25) is 5.89 Å². The van der Waals surface area contributed by atoms with Crippen molar-refractivity contribution in [2.24, 2.45) is 0 Å². The lowest BCUT2D eigenvalue weighted by atomic mass is 10.0. The van der Waals surface area contributed by atoms with Gasteiger partial charge >= 0.3 is 0 Å². The summed E-state index contributed by atoms with van der Waals surface area (Å²) in [5.41, 5.74) is 13.0. The standard InChI is InChI=1S/C49H31N3O2/c1-4-13-33(14-5-1)49-50-40-29-30-44-47(48(40)54-49)39-28-25-34(31-45(39)53-44)32-23-26-37(27-24-32)51(35-15-6-2-7-16-35)42-21-12-22-43-46(42)38-19-10-11-20-41(38)52(43)36-17-8-3-9-18-36/h1-31H. The summed E-state index contributed by atoms with van der Waals surface area (Å²) < 4.78 is 15.1. The van der Waals surface area contributed by atoms with Crippen molar-refractivity contribution in [3.63, 3.8) is 0 Å². The van der Waals surface area contributed by atoms with Crippen LogP contribution in [0.25, 0.3) is 83.1 Å². The zero-order valence-corrected chi connectivity index (χ0v) is 29.1. The van der Waals surface area contributed by atoms with E-state index >= 15 is 0 Å². The van der Waals surface area contributed by atoms with Crippen LogP contribution < -0.4 is 4.90 Å². The van der Waals surface area contributed by atoms with Crippen LogP contribution in [-0.2, 0) is 0 Å². The Hall–Kier alpha value is -7.37. The predicted octanol–water partition coefficient (Wildman–Crippen LogP) is 13.6. The molecule has 5 heteroatoms. The van der Waals surface area contributed by atoms with Crippen LogP contribution in [0.15, 0.2) is 197 Å². The quantitative estimate of drug-likeness (QED) is 0.174. The Morgan fingerprint density at radius 1 is 0.444 bits per heavy atom. The van der Waals surface area contributed by atoms with Crippen molar-refractivity contribution in [2.75, 3.05) is 4.90 Å². The molecule has 5 nitrogen and oxygen atoms in total. The molecule has 8 aromatic carbocycles. The highest BCUT2D eigenvalue weighted by molar-refractivity contribution is 6.18. The summed E-state index contributed by atoms with van der Waals surface area (Å²) in [6, 6.07) is 65.7. The summed E-state index contributed by atoms with van der Waals surface area (Å²) in [6.45, 7) is 0. The van der Waals surface area contributed by atoms with Gasteiger partial charge in [-0.3, -0.25) is 0 Å². The lowest BCUT2D eigenvalue weighted by Crippen LogP contribution is -2.10. The third kappa shape index (κ3) is 4.76. The van der Waals surface area contributed by atoms with E-state index in [-0.39, 0.29) is 0 Å². The Labute approximate surface area is 310 Å². The molecule has 0 radical (unpaired) electrons. The van der Waals surface area contributed by atoms with Crippen molar-refractivity contribution in [2.45, 2.75) is 0 Å². The number of hydrogen-bond donors (Lipinski definition) is 0. The maximum absolute atomic E-state index is 6.43. The SMILES string of the molecule is c1ccc(-c2nc3ccc4oc5cc(-c6ccc(N(c7ccccc7)c7cccc8c7c7ccccc7n8-c7ccccc7)cc6)ccc5c4c3o2)cc1. The van der Waals surface area contributed by atoms with Gasteiger partial charge in [-0.25, -0.2) is 4.98 Å². The van der Waals surface area contributed by atoms with E-state index in [2.05, 4.69) is 155 Å². The van der Waals surface area contributed by atoms with Gasteiger partial charge in [-0.2, -0.15) is 0 Å². The molecule has 11 aromatic rings.